The summed E-state index contributed by atoms with van der Waals surface area (Å²) in [6.07, 6.45) is -0.549. The van der Waals surface area contributed by atoms with Gasteiger partial charge in [0.1, 0.15) is 11.3 Å². The minimum atomic E-state index is -0.549. The maximum Gasteiger partial charge on any atom is 0.411 e. The second kappa shape index (κ2) is 7.56. The van der Waals surface area contributed by atoms with Gasteiger partial charge in [-0.05, 0) is 36.4 Å². The van der Waals surface area contributed by atoms with Crippen molar-refractivity contribution in [2.24, 2.45) is 0 Å². The number of methoxy groups -OCH3 is 2. The van der Waals surface area contributed by atoms with Gasteiger partial charge in [-0.2, -0.15) is 0 Å². The van der Waals surface area contributed by atoms with Gasteiger partial charge in [0.2, 0.25) is 5.89 Å². The highest BCUT2D eigenvalue weighted by Crippen LogP contribution is 2.22. The number of hydrogen-bond acceptors (Lipinski definition) is 7. The Morgan fingerprint density at radius 3 is 2.54 bits per heavy atom. The molecule has 1 aromatic heterocycles. The Hall–Kier alpha value is -3.55. The van der Waals surface area contributed by atoms with Gasteiger partial charge in [-0.15, -0.1) is 0 Å². The van der Waals surface area contributed by atoms with Gasteiger partial charge in [0.15, 0.2) is 12.2 Å². The van der Waals surface area contributed by atoms with Crippen molar-refractivity contribution in [3.8, 4) is 5.75 Å². The summed E-state index contributed by atoms with van der Waals surface area (Å²) < 4.78 is 20.5. The van der Waals surface area contributed by atoms with Crippen molar-refractivity contribution in [1.82, 2.24) is 4.98 Å². The van der Waals surface area contributed by atoms with Crippen molar-refractivity contribution >= 4 is 28.8 Å². The highest BCUT2D eigenvalue weighted by Gasteiger charge is 2.15. The molecular weight excluding hydrogens is 340 g/mol. The number of benzene rings is 2. The van der Waals surface area contributed by atoms with Gasteiger partial charge in [-0.1, -0.05) is 6.07 Å². The number of hydrogen-bond donors (Lipinski definition) is 1. The fraction of sp³-hybridized carbons (Fsp3) is 0.167. The fourth-order valence-electron chi connectivity index (χ4n) is 2.28. The molecule has 0 unspecified atom stereocenters. The zero-order valence-electron chi connectivity index (χ0n) is 14.1. The summed E-state index contributed by atoms with van der Waals surface area (Å²) in [6.45, 7) is 0.0824. The molecular formula is C18H16N2O6. The zero-order valence-corrected chi connectivity index (χ0v) is 14.1. The van der Waals surface area contributed by atoms with Crippen molar-refractivity contribution in [3.05, 3.63) is 53.9 Å². The predicted octanol–water partition coefficient (Wildman–Crippen LogP) is 3.37. The van der Waals surface area contributed by atoms with Crippen LogP contribution >= 0.6 is 0 Å². The Labute approximate surface area is 148 Å². The van der Waals surface area contributed by atoms with Crippen molar-refractivity contribution in [1.29, 1.82) is 0 Å². The van der Waals surface area contributed by atoms with Gasteiger partial charge in [0.25, 0.3) is 0 Å². The standard InChI is InChI=1S/C18H16N2O6/c1-23-17(21)13-4-3-5-14-16(13)20-15(26-14)10-25-12-8-6-11(7-9-12)19-18(22)24-2/h3-9H,10H2,1-2H3,(H,19,22). The molecule has 0 radical (unpaired) electrons. The monoisotopic (exact) mass is 356 g/mol. The van der Waals surface area contributed by atoms with Crippen molar-refractivity contribution in [2.45, 2.75) is 6.61 Å². The molecule has 0 bridgehead atoms. The van der Waals surface area contributed by atoms with Gasteiger partial charge in [-0.25, -0.2) is 14.6 Å². The van der Waals surface area contributed by atoms with E-state index in [1.165, 1.54) is 14.2 Å². The fourth-order valence-corrected chi connectivity index (χ4v) is 2.28. The largest absolute Gasteiger partial charge is 0.484 e. The van der Waals surface area contributed by atoms with Crippen LogP contribution in [0, 0.1) is 0 Å². The molecule has 1 N–H and O–H groups in total. The molecule has 0 saturated carbocycles. The number of esters is 1. The van der Waals surface area contributed by atoms with Crippen LogP contribution in [0.1, 0.15) is 16.2 Å². The highest BCUT2D eigenvalue weighted by molar-refractivity contribution is 6.01. The third kappa shape index (κ3) is 3.75. The number of fused-ring (bicyclic) bond motifs is 1. The Kier molecular flexibility index (Phi) is 5.02. The van der Waals surface area contributed by atoms with Gasteiger partial charge in [0.05, 0.1) is 19.8 Å². The number of amides is 1. The molecule has 26 heavy (non-hydrogen) atoms. The van der Waals surface area contributed by atoms with E-state index in [0.29, 0.717) is 34.0 Å². The van der Waals surface area contributed by atoms with Crippen molar-refractivity contribution in [2.75, 3.05) is 19.5 Å². The van der Waals surface area contributed by atoms with Crippen LogP contribution < -0.4 is 10.1 Å². The predicted molar refractivity (Wildman–Crippen MR) is 92.2 cm³/mol. The van der Waals surface area contributed by atoms with Crippen LogP contribution in [0.15, 0.2) is 46.9 Å². The molecule has 2 aromatic carbocycles. The maximum absolute atomic E-state index is 11.8. The highest BCUT2D eigenvalue weighted by atomic mass is 16.5. The summed E-state index contributed by atoms with van der Waals surface area (Å²) in [7, 11) is 2.60. The number of ether oxygens (including phenoxy) is 3. The minimum Gasteiger partial charge on any atom is -0.484 e. The van der Waals surface area contributed by atoms with E-state index in [0.717, 1.165) is 0 Å². The average molecular weight is 356 g/mol. The van der Waals surface area contributed by atoms with Crippen LogP contribution in [-0.4, -0.2) is 31.3 Å². The van der Waals surface area contributed by atoms with E-state index in [1.807, 2.05) is 0 Å². The summed E-state index contributed by atoms with van der Waals surface area (Å²) in [4.78, 5) is 27.2. The van der Waals surface area contributed by atoms with E-state index in [-0.39, 0.29) is 6.61 Å². The molecule has 8 nitrogen and oxygen atoms in total. The molecule has 0 aliphatic heterocycles. The minimum absolute atomic E-state index is 0.0824. The molecule has 1 heterocycles. The van der Waals surface area contributed by atoms with Crippen LogP contribution in [-0.2, 0) is 16.1 Å². The van der Waals surface area contributed by atoms with E-state index in [9.17, 15) is 9.59 Å². The molecule has 0 spiro atoms. The normalized spacial score (nSPS) is 10.4. The number of nitrogens with zero attached hydrogens (tertiary/aromatic N) is 1. The molecule has 1 amide bonds. The van der Waals surface area contributed by atoms with Gasteiger partial charge in [0, 0.05) is 5.69 Å². The smallest absolute Gasteiger partial charge is 0.411 e. The van der Waals surface area contributed by atoms with Crippen LogP contribution in [0.2, 0.25) is 0 Å². The third-order valence-corrected chi connectivity index (χ3v) is 3.52. The number of carbonyl (C=O) groups is 2. The Bertz CT molecular complexity index is 933. The van der Waals surface area contributed by atoms with E-state index in [2.05, 4.69) is 15.0 Å². The van der Waals surface area contributed by atoms with Crippen LogP contribution in [0.4, 0.5) is 10.5 Å². The number of anilines is 1. The van der Waals surface area contributed by atoms with E-state index in [4.69, 9.17) is 13.9 Å². The molecule has 0 saturated heterocycles. The molecule has 3 rings (SSSR count). The molecule has 134 valence electrons. The SMILES string of the molecule is COC(=O)Nc1ccc(OCc2nc3c(C(=O)OC)cccc3o2)cc1. The lowest BCUT2D eigenvalue weighted by Gasteiger charge is -2.06. The lowest BCUT2D eigenvalue weighted by molar-refractivity contribution is 0.0602. The molecule has 3 aromatic rings. The van der Waals surface area contributed by atoms with E-state index < -0.39 is 12.1 Å². The van der Waals surface area contributed by atoms with E-state index >= 15 is 0 Å². The molecule has 8 heteroatoms. The first-order valence-electron chi connectivity index (χ1n) is 7.65. The van der Waals surface area contributed by atoms with Gasteiger partial charge in [-0.3, -0.25) is 5.32 Å². The van der Waals surface area contributed by atoms with Crippen LogP contribution in [0.5, 0.6) is 5.75 Å². The molecule has 0 aliphatic rings. The van der Waals surface area contributed by atoms with Crippen molar-refractivity contribution in [3.63, 3.8) is 0 Å². The average Bonchev–Trinajstić information content (AvgIpc) is 3.09. The number of aromatic nitrogens is 1. The first-order valence-corrected chi connectivity index (χ1v) is 7.65. The maximum atomic E-state index is 11.8. The van der Waals surface area contributed by atoms with Gasteiger partial charge >= 0.3 is 12.1 Å². The Morgan fingerprint density at radius 1 is 1.08 bits per heavy atom. The number of rotatable bonds is 5. The third-order valence-electron chi connectivity index (χ3n) is 3.52. The summed E-state index contributed by atoms with van der Waals surface area (Å²) in [6, 6.07) is 11.8. The van der Waals surface area contributed by atoms with Gasteiger partial charge < -0.3 is 18.6 Å². The summed E-state index contributed by atoms with van der Waals surface area (Å²) in [5.74, 6) is 0.411. The Morgan fingerprint density at radius 2 is 1.85 bits per heavy atom. The van der Waals surface area contributed by atoms with E-state index in [1.54, 1.807) is 42.5 Å². The lowest BCUT2D eigenvalue weighted by Crippen LogP contribution is -2.10. The summed E-state index contributed by atoms with van der Waals surface area (Å²) >= 11 is 0. The lowest BCUT2D eigenvalue weighted by atomic mass is 10.2. The number of oxazole rings is 1. The molecule has 0 fully saturated rings. The van der Waals surface area contributed by atoms with Crippen molar-refractivity contribution < 1.29 is 28.2 Å². The first-order chi connectivity index (χ1) is 12.6. The van der Waals surface area contributed by atoms with Crippen LogP contribution in [0.25, 0.3) is 11.1 Å². The second-order valence-electron chi connectivity index (χ2n) is 5.18. The number of nitrogens with one attached hydrogen (secondary N) is 1. The number of carbonyl (C=O) groups excluding carboxylic acids is 2. The number of para-hydroxylation sites is 1. The zero-order chi connectivity index (χ0) is 18.5. The second-order valence-corrected chi connectivity index (χ2v) is 5.18. The molecule has 0 aliphatic carbocycles. The quantitative estimate of drug-likeness (QED) is 0.700. The Balaban J connectivity index is 1.70. The first kappa shape index (κ1) is 17.3. The topological polar surface area (TPSA) is 99.9 Å². The van der Waals surface area contributed by atoms with Crippen LogP contribution in [0.3, 0.4) is 0 Å². The summed E-state index contributed by atoms with van der Waals surface area (Å²) in [5.41, 5.74) is 1.81. The molecule has 0 atom stereocenters. The summed E-state index contributed by atoms with van der Waals surface area (Å²) in [5, 5.41) is 2.54.